The normalized spacial score (nSPS) is 18.9. The van der Waals surface area contributed by atoms with Crippen molar-refractivity contribution in [1.29, 1.82) is 0 Å². The molecule has 1 heterocycles. The van der Waals surface area contributed by atoms with Gasteiger partial charge >= 0.3 is 0 Å². The van der Waals surface area contributed by atoms with E-state index in [1.165, 1.54) is 6.07 Å². The minimum absolute atomic E-state index is 0.263. The van der Waals surface area contributed by atoms with Gasteiger partial charge in [-0.2, -0.15) is 0 Å². The second kappa shape index (κ2) is 8.50. The molecule has 2 aromatic carbocycles. The fourth-order valence-electron chi connectivity index (χ4n) is 3.71. The Hall–Kier alpha value is -3.20. The molecule has 9 heteroatoms. The molecule has 31 heavy (non-hydrogen) atoms. The third-order valence-electron chi connectivity index (χ3n) is 5.56. The smallest absolute Gasteiger partial charge is 0.255 e. The van der Waals surface area contributed by atoms with Crippen LogP contribution in [0.15, 0.2) is 42.5 Å². The number of imide groups is 1. The number of carbonyl (C=O) groups is 3. The molecule has 8 nitrogen and oxygen atoms in total. The van der Waals surface area contributed by atoms with Crippen LogP contribution in [-0.2, 0) is 25.0 Å². The number of aryl methyl sites for hydroxylation is 1. The number of piperidine rings is 1. The van der Waals surface area contributed by atoms with E-state index in [1.54, 1.807) is 43.3 Å². The Morgan fingerprint density at radius 1 is 1.13 bits per heavy atom. The van der Waals surface area contributed by atoms with Gasteiger partial charge in [0, 0.05) is 17.7 Å². The van der Waals surface area contributed by atoms with Gasteiger partial charge in [-0.25, -0.2) is 8.42 Å². The molecule has 3 amide bonds. The monoisotopic (exact) mass is 443 g/mol. The average Bonchev–Trinajstić information content (AvgIpc) is 2.70. The standard InChI is InChI=1S/C22H25N3O5S/c1-4-22(12-11-19(26)24-21(22)28)16-7-9-17(10-8-16)23-20(27)15-6-5-14(2)18(13-15)25-31(3,29)30/h5-10,13,25H,4,11-12H2,1-3H3,(H,23,27)(H,24,26,28)/t22-/m1/s1. The van der Waals surface area contributed by atoms with Crippen molar-refractivity contribution in [2.75, 3.05) is 16.3 Å². The van der Waals surface area contributed by atoms with Crippen LogP contribution in [0.25, 0.3) is 0 Å². The summed E-state index contributed by atoms with van der Waals surface area (Å²) in [5.41, 5.74) is 1.89. The minimum Gasteiger partial charge on any atom is -0.322 e. The Kier molecular flexibility index (Phi) is 6.17. The van der Waals surface area contributed by atoms with Crippen LogP contribution in [0.1, 0.15) is 47.7 Å². The molecule has 0 radical (unpaired) electrons. The maximum Gasteiger partial charge on any atom is 0.255 e. The summed E-state index contributed by atoms with van der Waals surface area (Å²) < 4.78 is 25.4. The van der Waals surface area contributed by atoms with Gasteiger partial charge in [-0.3, -0.25) is 24.4 Å². The number of carbonyl (C=O) groups excluding carboxylic acids is 3. The van der Waals surface area contributed by atoms with Crippen LogP contribution >= 0.6 is 0 Å². The lowest BCUT2D eigenvalue weighted by atomic mass is 9.72. The molecular formula is C22H25N3O5S. The first-order valence-electron chi connectivity index (χ1n) is 9.89. The van der Waals surface area contributed by atoms with E-state index in [-0.39, 0.29) is 18.2 Å². The summed E-state index contributed by atoms with van der Waals surface area (Å²) in [4.78, 5) is 36.7. The van der Waals surface area contributed by atoms with Gasteiger partial charge in [-0.1, -0.05) is 25.1 Å². The van der Waals surface area contributed by atoms with E-state index in [1.807, 2.05) is 6.92 Å². The number of rotatable bonds is 6. The van der Waals surface area contributed by atoms with Gasteiger partial charge in [-0.05, 0) is 55.2 Å². The molecule has 0 aliphatic carbocycles. The van der Waals surface area contributed by atoms with Crippen molar-refractivity contribution >= 4 is 39.1 Å². The Morgan fingerprint density at radius 3 is 2.39 bits per heavy atom. The lowest BCUT2D eigenvalue weighted by Crippen LogP contribution is -2.51. The minimum atomic E-state index is -3.47. The Bertz CT molecular complexity index is 1140. The van der Waals surface area contributed by atoms with Crippen molar-refractivity contribution in [1.82, 2.24) is 5.32 Å². The van der Waals surface area contributed by atoms with Gasteiger partial charge in [0.1, 0.15) is 0 Å². The molecule has 2 aromatic rings. The fraction of sp³-hybridized carbons (Fsp3) is 0.318. The summed E-state index contributed by atoms with van der Waals surface area (Å²) in [6.07, 6.45) is 2.33. The largest absolute Gasteiger partial charge is 0.322 e. The highest BCUT2D eigenvalue weighted by Crippen LogP contribution is 2.36. The first kappa shape index (κ1) is 22.5. The van der Waals surface area contributed by atoms with Crippen molar-refractivity contribution < 1.29 is 22.8 Å². The lowest BCUT2D eigenvalue weighted by molar-refractivity contribution is -0.138. The van der Waals surface area contributed by atoms with Crippen LogP contribution in [0.5, 0.6) is 0 Å². The molecule has 1 saturated heterocycles. The molecule has 0 aromatic heterocycles. The Balaban J connectivity index is 1.78. The van der Waals surface area contributed by atoms with Crippen LogP contribution < -0.4 is 15.4 Å². The second-order valence-corrected chi connectivity index (χ2v) is 9.50. The van der Waals surface area contributed by atoms with E-state index in [9.17, 15) is 22.8 Å². The topological polar surface area (TPSA) is 121 Å². The summed E-state index contributed by atoms with van der Waals surface area (Å²) >= 11 is 0. The van der Waals surface area contributed by atoms with Crippen molar-refractivity contribution in [3.8, 4) is 0 Å². The average molecular weight is 444 g/mol. The molecule has 0 bridgehead atoms. The van der Waals surface area contributed by atoms with E-state index in [2.05, 4.69) is 15.4 Å². The van der Waals surface area contributed by atoms with E-state index >= 15 is 0 Å². The maximum absolute atomic E-state index is 12.6. The zero-order valence-corrected chi connectivity index (χ0v) is 18.4. The van der Waals surface area contributed by atoms with Crippen LogP contribution in [-0.4, -0.2) is 32.4 Å². The predicted molar refractivity (Wildman–Crippen MR) is 118 cm³/mol. The van der Waals surface area contributed by atoms with Crippen molar-refractivity contribution in [3.63, 3.8) is 0 Å². The van der Waals surface area contributed by atoms with Gasteiger partial charge in [0.2, 0.25) is 21.8 Å². The summed E-state index contributed by atoms with van der Waals surface area (Å²) in [6.45, 7) is 3.65. The zero-order chi connectivity index (χ0) is 22.8. The number of anilines is 2. The summed E-state index contributed by atoms with van der Waals surface area (Å²) in [6, 6.07) is 11.7. The van der Waals surface area contributed by atoms with E-state index in [4.69, 9.17) is 0 Å². The molecule has 1 aliphatic heterocycles. The van der Waals surface area contributed by atoms with Crippen LogP contribution in [0.4, 0.5) is 11.4 Å². The summed E-state index contributed by atoms with van der Waals surface area (Å²) in [7, 11) is -3.47. The second-order valence-electron chi connectivity index (χ2n) is 7.75. The lowest BCUT2D eigenvalue weighted by Gasteiger charge is -2.35. The maximum atomic E-state index is 12.6. The molecule has 164 valence electrons. The molecule has 0 spiro atoms. The molecule has 1 atom stereocenters. The highest BCUT2D eigenvalue weighted by atomic mass is 32.2. The number of sulfonamides is 1. The molecular weight excluding hydrogens is 418 g/mol. The Morgan fingerprint density at radius 2 is 1.81 bits per heavy atom. The number of benzene rings is 2. The first-order chi connectivity index (χ1) is 14.5. The zero-order valence-electron chi connectivity index (χ0n) is 17.6. The highest BCUT2D eigenvalue weighted by Gasteiger charge is 2.42. The summed E-state index contributed by atoms with van der Waals surface area (Å²) in [5.74, 6) is -0.954. The number of hydrogen-bond acceptors (Lipinski definition) is 5. The van der Waals surface area contributed by atoms with Gasteiger partial charge in [0.25, 0.3) is 5.91 Å². The molecule has 1 fully saturated rings. The number of amides is 3. The number of nitrogens with one attached hydrogen (secondary N) is 3. The quantitative estimate of drug-likeness (QED) is 0.593. The Labute approximate surface area is 181 Å². The van der Waals surface area contributed by atoms with Crippen molar-refractivity contribution in [3.05, 3.63) is 59.2 Å². The molecule has 0 unspecified atom stereocenters. The third kappa shape index (κ3) is 4.93. The van der Waals surface area contributed by atoms with Crippen molar-refractivity contribution in [2.24, 2.45) is 0 Å². The molecule has 1 aliphatic rings. The predicted octanol–water partition coefficient (Wildman–Crippen LogP) is 2.70. The van der Waals surface area contributed by atoms with E-state index in [0.29, 0.717) is 35.3 Å². The van der Waals surface area contributed by atoms with E-state index in [0.717, 1.165) is 11.8 Å². The molecule has 3 N–H and O–H groups in total. The molecule has 0 saturated carbocycles. The fourth-order valence-corrected chi connectivity index (χ4v) is 4.33. The van der Waals surface area contributed by atoms with E-state index < -0.39 is 21.3 Å². The van der Waals surface area contributed by atoms with Gasteiger partial charge < -0.3 is 5.32 Å². The first-order valence-corrected chi connectivity index (χ1v) is 11.8. The van der Waals surface area contributed by atoms with Gasteiger partial charge in [0.15, 0.2) is 0 Å². The van der Waals surface area contributed by atoms with Gasteiger partial charge in [-0.15, -0.1) is 0 Å². The molecule has 3 rings (SSSR count). The van der Waals surface area contributed by atoms with Crippen LogP contribution in [0.3, 0.4) is 0 Å². The van der Waals surface area contributed by atoms with Crippen LogP contribution in [0.2, 0.25) is 0 Å². The van der Waals surface area contributed by atoms with Crippen molar-refractivity contribution in [2.45, 2.75) is 38.5 Å². The highest BCUT2D eigenvalue weighted by molar-refractivity contribution is 7.92. The number of hydrogen-bond donors (Lipinski definition) is 3. The SMILES string of the molecule is CC[C@]1(c2ccc(NC(=O)c3ccc(C)c(NS(C)(=O)=O)c3)cc2)CCC(=O)NC1=O. The third-order valence-corrected chi connectivity index (χ3v) is 6.15. The van der Waals surface area contributed by atoms with Gasteiger partial charge in [0.05, 0.1) is 17.4 Å². The summed E-state index contributed by atoms with van der Waals surface area (Å²) in [5, 5.41) is 5.19. The van der Waals surface area contributed by atoms with Crippen LogP contribution in [0, 0.1) is 6.92 Å².